The highest BCUT2D eigenvalue weighted by atomic mass is 16.5. The van der Waals surface area contributed by atoms with Crippen molar-refractivity contribution in [2.75, 3.05) is 7.11 Å². The Labute approximate surface area is 183 Å². The van der Waals surface area contributed by atoms with Crippen molar-refractivity contribution in [3.05, 3.63) is 0 Å². The molecule has 0 N–H and O–H groups in total. The van der Waals surface area contributed by atoms with Crippen molar-refractivity contribution < 1.29 is 9.47 Å². The van der Waals surface area contributed by atoms with Crippen molar-refractivity contribution in [2.45, 2.75) is 142 Å². The van der Waals surface area contributed by atoms with Crippen molar-refractivity contribution in [3.63, 3.8) is 0 Å². The summed E-state index contributed by atoms with van der Waals surface area (Å²) in [6.45, 7) is 19.2. The molecule has 0 amide bonds. The summed E-state index contributed by atoms with van der Waals surface area (Å²) in [7, 11) is 3.24. The van der Waals surface area contributed by atoms with Crippen LogP contribution in [0.25, 0.3) is 0 Å². The molecule has 2 aliphatic rings. The van der Waals surface area contributed by atoms with Crippen molar-refractivity contribution in [1.82, 2.24) is 0 Å². The first kappa shape index (κ1) is 25.2. The predicted octanol–water partition coefficient (Wildman–Crippen LogP) is 7.43. The summed E-state index contributed by atoms with van der Waals surface area (Å²) in [5.74, 6) is 2.15. The van der Waals surface area contributed by atoms with E-state index < -0.39 is 0 Å². The summed E-state index contributed by atoms with van der Waals surface area (Å²) in [6, 6.07) is 0. The highest BCUT2D eigenvalue weighted by molar-refractivity contribution is 6.42. The quantitative estimate of drug-likeness (QED) is 0.390. The molecule has 3 heteroatoms. The highest BCUT2D eigenvalue weighted by Gasteiger charge is 2.47. The van der Waals surface area contributed by atoms with Crippen LogP contribution in [0, 0.1) is 17.3 Å². The van der Waals surface area contributed by atoms with Gasteiger partial charge < -0.3 is 9.47 Å². The molecule has 6 atom stereocenters. The van der Waals surface area contributed by atoms with E-state index in [1.165, 1.54) is 58.6 Å². The lowest BCUT2D eigenvalue weighted by molar-refractivity contribution is -0.111. The lowest BCUT2D eigenvalue weighted by atomic mass is 9.39. The van der Waals surface area contributed by atoms with Crippen LogP contribution in [0.5, 0.6) is 0 Å². The minimum absolute atomic E-state index is 0.131. The summed E-state index contributed by atoms with van der Waals surface area (Å²) >= 11 is 0. The number of methoxy groups -OCH3 is 1. The van der Waals surface area contributed by atoms with E-state index in [2.05, 4.69) is 55.4 Å². The van der Waals surface area contributed by atoms with Gasteiger partial charge in [0.2, 0.25) is 0 Å². The SMILES string of the molecule is CCC1CC(CC(C)(CC)CC(OC)C(C)C)CCC2(CC(C)BC(C)(C)C2)O1. The minimum Gasteiger partial charge on any atom is -0.381 e. The van der Waals surface area contributed by atoms with Crippen molar-refractivity contribution >= 4 is 7.28 Å². The van der Waals surface area contributed by atoms with Crippen molar-refractivity contribution in [2.24, 2.45) is 17.3 Å². The minimum atomic E-state index is 0.131. The maximum absolute atomic E-state index is 6.99. The fourth-order valence-electron chi connectivity index (χ4n) is 6.95. The topological polar surface area (TPSA) is 18.5 Å². The molecule has 6 unspecified atom stereocenters. The van der Waals surface area contributed by atoms with E-state index >= 15 is 0 Å². The molecule has 2 saturated heterocycles. The molecular weight excluding hydrogens is 355 g/mol. The zero-order chi connectivity index (χ0) is 21.9. The number of ether oxygens (including phenoxy) is 2. The van der Waals surface area contributed by atoms with Gasteiger partial charge in [-0.25, -0.2) is 0 Å². The Morgan fingerprint density at radius 2 is 1.93 bits per heavy atom. The van der Waals surface area contributed by atoms with Gasteiger partial charge in [-0.1, -0.05) is 72.9 Å². The van der Waals surface area contributed by atoms with Crippen LogP contribution < -0.4 is 0 Å². The van der Waals surface area contributed by atoms with Crippen LogP contribution >= 0.6 is 0 Å². The zero-order valence-electron chi connectivity index (χ0n) is 21.3. The molecule has 2 fully saturated rings. The van der Waals surface area contributed by atoms with Crippen LogP contribution in [0.15, 0.2) is 0 Å². The molecular formula is C26H51BO2. The van der Waals surface area contributed by atoms with E-state index in [1.54, 1.807) is 0 Å². The number of hydrogen-bond acceptors (Lipinski definition) is 2. The standard InChI is InChI=1S/C26H51BO2/c1-10-22-14-21(16-25(8,11-2)17-23(28-9)19(3)4)12-13-26(29-22)15-20(5)27-24(6,7)18-26/h19-23,27H,10-18H2,1-9H3. The Hall–Kier alpha value is -0.0151. The monoisotopic (exact) mass is 406 g/mol. The van der Waals surface area contributed by atoms with Crippen LogP contribution in [-0.4, -0.2) is 32.2 Å². The van der Waals surface area contributed by atoms with E-state index in [9.17, 15) is 0 Å². The second kappa shape index (κ2) is 10.1. The first-order chi connectivity index (χ1) is 13.5. The van der Waals surface area contributed by atoms with Gasteiger partial charge in [-0.2, -0.15) is 0 Å². The molecule has 0 aromatic rings. The maximum atomic E-state index is 6.99. The fraction of sp³-hybridized carbons (Fsp3) is 1.00. The average molecular weight is 407 g/mol. The van der Waals surface area contributed by atoms with Gasteiger partial charge in [-0.05, 0) is 68.6 Å². The molecule has 0 saturated carbocycles. The van der Waals surface area contributed by atoms with Gasteiger partial charge in [0.15, 0.2) is 0 Å². The van der Waals surface area contributed by atoms with E-state index in [0.29, 0.717) is 28.9 Å². The normalized spacial score (nSPS) is 35.7. The zero-order valence-corrected chi connectivity index (χ0v) is 21.3. The van der Waals surface area contributed by atoms with Gasteiger partial charge >= 0.3 is 0 Å². The molecule has 2 rings (SSSR count). The summed E-state index contributed by atoms with van der Waals surface area (Å²) in [5, 5.41) is 0.413. The van der Waals surface area contributed by atoms with Gasteiger partial charge in [-0.15, -0.1) is 0 Å². The van der Waals surface area contributed by atoms with E-state index in [4.69, 9.17) is 9.47 Å². The molecule has 0 aliphatic carbocycles. The molecule has 0 radical (unpaired) electrons. The van der Waals surface area contributed by atoms with Crippen LogP contribution in [0.4, 0.5) is 0 Å². The Bertz CT molecular complexity index is 505. The molecule has 0 aromatic heterocycles. The number of rotatable bonds is 8. The van der Waals surface area contributed by atoms with Crippen LogP contribution in [0.1, 0.15) is 113 Å². The third-order valence-corrected chi connectivity index (χ3v) is 8.27. The van der Waals surface area contributed by atoms with Crippen LogP contribution in [0.3, 0.4) is 0 Å². The lowest BCUT2D eigenvalue weighted by Gasteiger charge is -2.47. The lowest BCUT2D eigenvalue weighted by Crippen LogP contribution is -2.45. The van der Waals surface area contributed by atoms with Gasteiger partial charge in [0, 0.05) is 7.11 Å². The van der Waals surface area contributed by atoms with E-state index in [-0.39, 0.29) is 5.60 Å². The molecule has 0 bridgehead atoms. The fourth-order valence-corrected chi connectivity index (χ4v) is 6.95. The third kappa shape index (κ3) is 6.99. The Kier molecular flexibility index (Phi) is 8.77. The first-order valence-corrected chi connectivity index (χ1v) is 12.7. The summed E-state index contributed by atoms with van der Waals surface area (Å²) in [6.07, 6.45) is 12.1. The number of hydrogen-bond donors (Lipinski definition) is 0. The molecule has 29 heavy (non-hydrogen) atoms. The van der Waals surface area contributed by atoms with Gasteiger partial charge in [0.25, 0.3) is 0 Å². The largest absolute Gasteiger partial charge is 0.381 e. The van der Waals surface area contributed by atoms with Gasteiger partial charge in [0.05, 0.1) is 17.8 Å². The molecule has 170 valence electrons. The maximum Gasteiger partial charge on any atom is 0.130 e. The molecule has 1 spiro atoms. The second-order valence-electron chi connectivity index (χ2n) is 12.4. The predicted molar refractivity (Wildman–Crippen MR) is 128 cm³/mol. The van der Waals surface area contributed by atoms with Gasteiger partial charge in [0.1, 0.15) is 7.28 Å². The van der Waals surface area contributed by atoms with Crippen molar-refractivity contribution in [3.8, 4) is 0 Å². The van der Waals surface area contributed by atoms with Crippen molar-refractivity contribution in [1.29, 1.82) is 0 Å². The van der Waals surface area contributed by atoms with Crippen LogP contribution in [0.2, 0.25) is 11.1 Å². The molecule has 0 aromatic carbocycles. The Morgan fingerprint density at radius 3 is 2.45 bits per heavy atom. The van der Waals surface area contributed by atoms with Gasteiger partial charge in [-0.3, -0.25) is 0 Å². The summed E-state index contributed by atoms with van der Waals surface area (Å²) in [4.78, 5) is 0. The van der Waals surface area contributed by atoms with E-state index in [0.717, 1.165) is 18.2 Å². The molecule has 2 heterocycles. The summed E-state index contributed by atoms with van der Waals surface area (Å²) < 4.78 is 12.9. The average Bonchev–Trinajstić information content (AvgIpc) is 2.76. The summed E-state index contributed by atoms with van der Waals surface area (Å²) in [5.41, 5.74) is 0.497. The van der Waals surface area contributed by atoms with Crippen LogP contribution in [-0.2, 0) is 9.47 Å². The Balaban J connectivity index is 2.13. The second-order valence-corrected chi connectivity index (χ2v) is 12.4. The molecule has 2 aliphatic heterocycles. The highest BCUT2D eigenvalue weighted by Crippen LogP contribution is 2.53. The smallest absolute Gasteiger partial charge is 0.130 e. The third-order valence-electron chi connectivity index (χ3n) is 8.27. The van der Waals surface area contributed by atoms with E-state index in [1.807, 2.05) is 7.11 Å². The molecule has 2 nitrogen and oxygen atoms in total. The first-order valence-electron chi connectivity index (χ1n) is 12.7. The Morgan fingerprint density at radius 1 is 1.24 bits per heavy atom.